The van der Waals surface area contributed by atoms with Gasteiger partial charge in [-0.1, -0.05) is 54.6 Å². The molecule has 0 amide bonds. The molecule has 86 valence electrons. The Hall–Kier alpha value is -2.02. The molecule has 0 saturated carbocycles. The number of rotatable bonds is 4. The fraction of sp³-hybridized carbons (Fsp3) is 0.125. The first-order chi connectivity index (χ1) is 8.36. The van der Waals surface area contributed by atoms with Crippen molar-refractivity contribution in [3.8, 4) is 5.75 Å². The van der Waals surface area contributed by atoms with Crippen LogP contribution in [0.2, 0.25) is 0 Å². The second-order valence-electron chi connectivity index (χ2n) is 3.87. The number of allylic oxidation sites excluding steroid dienone is 1. The van der Waals surface area contributed by atoms with E-state index in [-0.39, 0.29) is 5.92 Å². The van der Waals surface area contributed by atoms with Gasteiger partial charge in [0.25, 0.3) is 0 Å². The zero-order chi connectivity index (χ0) is 12.1. The summed E-state index contributed by atoms with van der Waals surface area (Å²) in [6, 6.07) is 18.4. The van der Waals surface area contributed by atoms with E-state index in [1.165, 1.54) is 5.56 Å². The van der Waals surface area contributed by atoms with Gasteiger partial charge < -0.3 is 4.74 Å². The topological polar surface area (TPSA) is 9.23 Å². The van der Waals surface area contributed by atoms with Crippen LogP contribution in [0.4, 0.5) is 0 Å². The highest BCUT2D eigenvalue weighted by Gasteiger charge is 2.13. The zero-order valence-corrected chi connectivity index (χ0v) is 9.97. The van der Waals surface area contributed by atoms with Gasteiger partial charge in [0.15, 0.2) is 0 Å². The standard InChI is InChI=1S/C16H16O/c1-3-14(13-9-5-4-6-10-13)15-11-7-8-12-16(15)17-2/h3-12,14H,1H2,2H3/t14-/m0/s1. The molecule has 0 spiro atoms. The Labute approximate surface area is 102 Å². The van der Waals surface area contributed by atoms with Gasteiger partial charge in [-0.05, 0) is 11.6 Å². The normalized spacial score (nSPS) is 11.8. The highest BCUT2D eigenvalue weighted by Crippen LogP contribution is 2.32. The Kier molecular flexibility index (Phi) is 3.61. The van der Waals surface area contributed by atoms with Gasteiger partial charge in [0, 0.05) is 11.5 Å². The molecule has 0 aliphatic heterocycles. The SMILES string of the molecule is C=C[C@@H](c1ccccc1)c1ccccc1OC. The third-order valence-electron chi connectivity index (χ3n) is 2.87. The summed E-state index contributed by atoms with van der Waals surface area (Å²) in [5.41, 5.74) is 2.38. The molecule has 1 nitrogen and oxygen atoms in total. The molecule has 0 N–H and O–H groups in total. The van der Waals surface area contributed by atoms with Gasteiger partial charge in [-0.25, -0.2) is 0 Å². The Morgan fingerprint density at radius 2 is 1.65 bits per heavy atom. The van der Waals surface area contributed by atoms with Crippen molar-refractivity contribution in [3.05, 3.63) is 78.4 Å². The number of ether oxygens (including phenoxy) is 1. The average molecular weight is 224 g/mol. The molecule has 0 aliphatic carbocycles. The molecule has 0 aliphatic rings. The van der Waals surface area contributed by atoms with Gasteiger partial charge in [-0.2, -0.15) is 0 Å². The predicted octanol–water partition coefficient (Wildman–Crippen LogP) is 4.01. The van der Waals surface area contributed by atoms with Crippen LogP contribution < -0.4 is 4.74 Å². The van der Waals surface area contributed by atoms with Crippen LogP contribution in [0.1, 0.15) is 17.0 Å². The number of hydrogen-bond donors (Lipinski definition) is 0. The Balaban J connectivity index is 2.46. The van der Waals surface area contributed by atoms with Gasteiger partial charge in [0.2, 0.25) is 0 Å². The van der Waals surface area contributed by atoms with E-state index in [4.69, 9.17) is 4.74 Å². The molecule has 2 aromatic carbocycles. The van der Waals surface area contributed by atoms with Crippen LogP contribution in [-0.2, 0) is 0 Å². The maximum absolute atomic E-state index is 5.40. The minimum absolute atomic E-state index is 0.173. The lowest BCUT2D eigenvalue weighted by molar-refractivity contribution is 0.409. The Bertz CT molecular complexity index is 488. The van der Waals surface area contributed by atoms with Gasteiger partial charge in [0.05, 0.1) is 7.11 Å². The summed E-state index contributed by atoms with van der Waals surface area (Å²) in [4.78, 5) is 0. The van der Waals surface area contributed by atoms with Crippen molar-refractivity contribution in [1.29, 1.82) is 0 Å². The van der Waals surface area contributed by atoms with E-state index in [1.807, 2.05) is 42.5 Å². The zero-order valence-electron chi connectivity index (χ0n) is 9.97. The molecular weight excluding hydrogens is 208 g/mol. The maximum Gasteiger partial charge on any atom is 0.122 e. The fourth-order valence-corrected chi connectivity index (χ4v) is 2.03. The maximum atomic E-state index is 5.40. The van der Waals surface area contributed by atoms with Crippen molar-refractivity contribution in [2.75, 3.05) is 7.11 Å². The van der Waals surface area contributed by atoms with E-state index in [0.717, 1.165) is 11.3 Å². The van der Waals surface area contributed by atoms with Crippen molar-refractivity contribution in [2.24, 2.45) is 0 Å². The number of hydrogen-bond acceptors (Lipinski definition) is 1. The molecular formula is C16H16O. The van der Waals surface area contributed by atoms with Gasteiger partial charge in [-0.15, -0.1) is 6.58 Å². The van der Waals surface area contributed by atoms with E-state index >= 15 is 0 Å². The summed E-state index contributed by atoms with van der Waals surface area (Å²) in [5.74, 6) is 1.08. The fourth-order valence-electron chi connectivity index (χ4n) is 2.03. The molecule has 17 heavy (non-hydrogen) atoms. The monoisotopic (exact) mass is 224 g/mol. The molecule has 0 aromatic heterocycles. The molecule has 2 rings (SSSR count). The average Bonchev–Trinajstić information content (AvgIpc) is 2.41. The van der Waals surface area contributed by atoms with Crippen LogP contribution in [0.25, 0.3) is 0 Å². The largest absolute Gasteiger partial charge is 0.496 e. The van der Waals surface area contributed by atoms with Crippen LogP contribution in [0.3, 0.4) is 0 Å². The highest BCUT2D eigenvalue weighted by molar-refractivity contribution is 5.44. The third kappa shape index (κ3) is 2.39. The van der Waals surface area contributed by atoms with Crippen LogP contribution in [0.5, 0.6) is 5.75 Å². The van der Waals surface area contributed by atoms with Crippen LogP contribution in [-0.4, -0.2) is 7.11 Å². The lowest BCUT2D eigenvalue weighted by atomic mass is 9.91. The van der Waals surface area contributed by atoms with Crippen molar-refractivity contribution in [1.82, 2.24) is 0 Å². The minimum Gasteiger partial charge on any atom is -0.496 e. The summed E-state index contributed by atoms with van der Waals surface area (Å²) >= 11 is 0. The van der Waals surface area contributed by atoms with Crippen molar-refractivity contribution < 1.29 is 4.74 Å². The molecule has 0 heterocycles. The Morgan fingerprint density at radius 3 is 2.29 bits per heavy atom. The van der Waals surface area contributed by atoms with Crippen LogP contribution in [0, 0.1) is 0 Å². The predicted molar refractivity (Wildman–Crippen MR) is 71.5 cm³/mol. The third-order valence-corrected chi connectivity index (χ3v) is 2.87. The first kappa shape index (κ1) is 11.5. The summed E-state index contributed by atoms with van der Waals surface area (Å²) in [6.07, 6.45) is 1.95. The van der Waals surface area contributed by atoms with Gasteiger partial charge >= 0.3 is 0 Å². The molecule has 0 fully saturated rings. The van der Waals surface area contributed by atoms with E-state index in [1.54, 1.807) is 7.11 Å². The molecule has 0 radical (unpaired) electrons. The first-order valence-corrected chi connectivity index (χ1v) is 5.67. The van der Waals surface area contributed by atoms with E-state index < -0.39 is 0 Å². The molecule has 0 unspecified atom stereocenters. The minimum atomic E-state index is 0.173. The lowest BCUT2D eigenvalue weighted by Crippen LogP contribution is -2.00. The van der Waals surface area contributed by atoms with E-state index in [9.17, 15) is 0 Å². The quantitative estimate of drug-likeness (QED) is 0.713. The van der Waals surface area contributed by atoms with Gasteiger partial charge in [0.1, 0.15) is 5.75 Å². The van der Waals surface area contributed by atoms with Crippen molar-refractivity contribution in [3.63, 3.8) is 0 Å². The molecule has 2 aromatic rings. The van der Waals surface area contributed by atoms with Crippen LogP contribution >= 0.6 is 0 Å². The molecule has 1 heteroatoms. The van der Waals surface area contributed by atoms with Crippen LogP contribution in [0.15, 0.2) is 67.3 Å². The van der Waals surface area contributed by atoms with Crippen molar-refractivity contribution in [2.45, 2.75) is 5.92 Å². The second-order valence-corrected chi connectivity index (χ2v) is 3.87. The number of para-hydroxylation sites is 1. The number of methoxy groups -OCH3 is 1. The second kappa shape index (κ2) is 5.35. The molecule has 0 saturated heterocycles. The van der Waals surface area contributed by atoms with Crippen molar-refractivity contribution >= 4 is 0 Å². The lowest BCUT2D eigenvalue weighted by Gasteiger charge is -2.16. The Morgan fingerprint density at radius 1 is 1.00 bits per heavy atom. The first-order valence-electron chi connectivity index (χ1n) is 5.67. The van der Waals surface area contributed by atoms with E-state index in [0.29, 0.717) is 0 Å². The van der Waals surface area contributed by atoms with Gasteiger partial charge in [-0.3, -0.25) is 0 Å². The summed E-state index contributed by atoms with van der Waals surface area (Å²) in [6.45, 7) is 3.93. The highest BCUT2D eigenvalue weighted by atomic mass is 16.5. The molecule has 1 atom stereocenters. The summed E-state index contributed by atoms with van der Waals surface area (Å²) in [5, 5.41) is 0. The summed E-state index contributed by atoms with van der Waals surface area (Å²) in [7, 11) is 1.70. The smallest absolute Gasteiger partial charge is 0.122 e. The summed E-state index contributed by atoms with van der Waals surface area (Å²) < 4.78 is 5.40. The molecule has 0 bridgehead atoms. The van der Waals surface area contributed by atoms with E-state index in [2.05, 4.69) is 24.8 Å². The number of benzene rings is 2.